The van der Waals surface area contributed by atoms with Crippen molar-refractivity contribution in [2.45, 2.75) is 26.7 Å². The third-order valence-corrected chi connectivity index (χ3v) is 5.39. The first-order valence-corrected chi connectivity index (χ1v) is 10.4. The number of aryl methyl sites for hydroxylation is 2. The van der Waals surface area contributed by atoms with Crippen molar-refractivity contribution in [2.75, 3.05) is 0 Å². The molecule has 0 amide bonds. The molecule has 2 rings (SSSR count). The van der Waals surface area contributed by atoms with Crippen molar-refractivity contribution >= 4 is 71.9 Å². The number of benzene rings is 2. The summed E-state index contributed by atoms with van der Waals surface area (Å²) in [7, 11) is -9.14. The van der Waals surface area contributed by atoms with Gasteiger partial charge in [-0.3, -0.25) is 0 Å². The molecule has 0 aliphatic heterocycles. The van der Waals surface area contributed by atoms with Crippen LogP contribution < -0.4 is 30.2 Å². The molecule has 0 saturated carbocycles. The van der Waals surface area contributed by atoms with Gasteiger partial charge in [-0.25, -0.2) is 0 Å². The fraction of sp³-hybridized carbons (Fsp3) is 0.250. The van der Waals surface area contributed by atoms with Crippen LogP contribution in [-0.2, 0) is 22.0 Å². The zero-order valence-electron chi connectivity index (χ0n) is 14.8. The minimum Gasteiger partial charge on any atom is -0.807 e. The van der Waals surface area contributed by atoms with Crippen molar-refractivity contribution in [3.8, 4) is 0 Å². The van der Waals surface area contributed by atoms with Gasteiger partial charge in [-0.05, 0) is 49.8 Å². The molecule has 2 aromatic carbocycles. The van der Waals surface area contributed by atoms with E-state index < -0.39 is 15.2 Å². The summed E-state index contributed by atoms with van der Waals surface area (Å²) in [5, 5.41) is -0.153. The van der Waals surface area contributed by atoms with Gasteiger partial charge in [0, 0.05) is 0 Å². The summed E-state index contributed by atoms with van der Waals surface area (Å²) >= 11 is 0. The van der Waals surface area contributed by atoms with Gasteiger partial charge in [0.25, 0.3) is 0 Å². The predicted octanol–water partition coefficient (Wildman–Crippen LogP) is -1.19. The second-order valence-corrected chi connectivity index (χ2v) is 7.91. The summed E-state index contributed by atoms with van der Waals surface area (Å²) in [6.45, 7) is 3.63. The molecule has 0 fully saturated rings. The molecule has 10 heteroatoms. The van der Waals surface area contributed by atoms with Crippen molar-refractivity contribution in [3.63, 3.8) is 0 Å². The van der Waals surface area contributed by atoms with E-state index in [1.807, 2.05) is 13.8 Å². The van der Waals surface area contributed by atoms with Gasteiger partial charge in [0.1, 0.15) is 0 Å². The Kier molecular flexibility index (Phi) is 13.9. The van der Waals surface area contributed by atoms with Crippen LogP contribution in [0.4, 0.5) is 0 Å². The summed E-state index contributed by atoms with van der Waals surface area (Å²) in [5.74, 6) is 0. The monoisotopic (exact) mass is 416 g/mol. The van der Waals surface area contributed by atoms with Gasteiger partial charge in [0.05, 0.1) is 0 Å². The van der Waals surface area contributed by atoms with E-state index in [4.69, 9.17) is 0 Å². The molecule has 0 spiro atoms. The van der Waals surface area contributed by atoms with Crippen molar-refractivity contribution in [3.05, 3.63) is 59.7 Å². The molecule has 0 bridgehead atoms. The van der Waals surface area contributed by atoms with Crippen LogP contribution >= 0.6 is 15.2 Å². The summed E-state index contributed by atoms with van der Waals surface area (Å²) in [4.78, 5) is 42.7. The van der Waals surface area contributed by atoms with Crippen LogP contribution in [-0.4, -0.2) is 46.1 Å². The van der Waals surface area contributed by atoms with Crippen LogP contribution in [0.15, 0.2) is 48.5 Å². The van der Waals surface area contributed by atoms with E-state index in [1.54, 1.807) is 36.4 Å². The van der Waals surface area contributed by atoms with Gasteiger partial charge >= 0.3 is 46.1 Å². The molecule has 0 saturated heterocycles. The fourth-order valence-corrected chi connectivity index (χ4v) is 3.86. The smallest absolute Gasteiger partial charge is 0.807 e. The summed E-state index contributed by atoms with van der Waals surface area (Å²) in [6, 6.07) is 12.5. The molecule has 0 aliphatic rings. The molecule has 132 valence electrons. The molecule has 0 heterocycles. The molecular weight excluding hydrogens is 399 g/mol. The second-order valence-electron chi connectivity index (χ2n) is 4.96. The Bertz CT molecular complexity index is 707. The van der Waals surface area contributed by atoms with E-state index >= 15 is 0 Å². The fourth-order valence-electron chi connectivity index (χ4n) is 2.15. The summed E-state index contributed by atoms with van der Waals surface area (Å²) in [5.41, 5.74) is 1.18. The van der Waals surface area contributed by atoms with Crippen LogP contribution in [0.1, 0.15) is 25.0 Å². The van der Waals surface area contributed by atoms with Crippen molar-refractivity contribution < 1.29 is 28.7 Å². The molecule has 0 aromatic heterocycles. The first-order chi connectivity index (χ1) is 11.1. The van der Waals surface area contributed by atoms with Gasteiger partial charge in [-0.1, -0.05) is 62.4 Å². The maximum absolute atomic E-state index is 10.7. The van der Waals surface area contributed by atoms with Crippen molar-refractivity contribution in [1.29, 1.82) is 0 Å². The Hall–Kier alpha value is 0.272. The molecule has 0 atom stereocenters. The van der Waals surface area contributed by atoms with E-state index in [1.165, 1.54) is 12.1 Å². The molecule has 6 nitrogen and oxygen atoms in total. The largest absolute Gasteiger partial charge is 2.00 e. The van der Waals surface area contributed by atoms with E-state index in [0.717, 1.165) is 0 Å². The molecular formula is C16H18Mg2O6P2. The van der Waals surface area contributed by atoms with Crippen LogP contribution in [0, 0.1) is 0 Å². The summed E-state index contributed by atoms with van der Waals surface area (Å²) in [6.07, 6.45) is 1.12. The first kappa shape index (κ1) is 28.5. The topological polar surface area (TPSA) is 126 Å². The molecule has 0 radical (unpaired) electrons. The molecule has 2 aromatic rings. The number of hydrogen-bond acceptors (Lipinski definition) is 6. The Morgan fingerprint density at radius 3 is 1.12 bits per heavy atom. The Balaban J connectivity index is 0. The van der Waals surface area contributed by atoms with Crippen molar-refractivity contribution in [2.24, 2.45) is 0 Å². The van der Waals surface area contributed by atoms with Crippen molar-refractivity contribution in [1.82, 2.24) is 0 Å². The standard InChI is InChI=1S/2C8H11O3P.2Mg/c2*1-2-7-5-3-4-6-8(7)12(9,10)11;;/h2*3-6H,2H2,1H3,(H2,9,10,11);;/q;;2*+2/p-4. The van der Waals surface area contributed by atoms with Gasteiger partial charge < -0.3 is 28.7 Å². The van der Waals surface area contributed by atoms with E-state index in [0.29, 0.717) is 24.0 Å². The zero-order chi connectivity index (χ0) is 18.4. The minimum absolute atomic E-state index is 0. The van der Waals surface area contributed by atoms with Crippen LogP contribution in [0.2, 0.25) is 0 Å². The zero-order valence-corrected chi connectivity index (χ0v) is 19.4. The predicted molar refractivity (Wildman–Crippen MR) is 97.6 cm³/mol. The first-order valence-electron chi connectivity index (χ1n) is 7.32. The quantitative estimate of drug-likeness (QED) is 0.455. The summed E-state index contributed by atoms with van der Waals surface area (Å²) < 4.78 is 21.4. The van der Waals surface area contributed by atoms with Crippen LogP contribution in [0.25, 0.3) is 0 Å². The number of hydrogen-bond donors (Lipinski definition) is 0. The van der Waals surface area contributed by atoms with Gasteiger partial charge in [0.15, 0.2) is 0 Å². The molecule has 0 aliphatic carbocycles. The maximum atomic E-state index is 10.7. The molecule has 0 N–H and O–H groups in total. The van der Waals surface area contributed by atoms with E-state index in [2.05, 4.69) is 0 Å². The van der Waals surface area contributed by atoms with E-state index in [-0.39, 0.29) is 56.7 Å². The number of rotatable bonds is 4. The SMILES string of the molecule is CCc1ccccc1P(=O)([O-])[O-].CCc1ccccc1P(=O)([O-])[O-].[Mg+2].[Mg+2]. The van der Waals surface area contributed by atoms with Gasteiger partial charge in [0.2, 0.25) is 0 Å². The normalized spacial score (nSPS) is 10.7. The average Bonchev–Trinajstić information content (AvgIpc) is 2.53. The Morgan fingerprint density at radius 2 is 0.923 bits per heavy atom. The van der Waals surface area contributed by atoms with Crippen LogP contribution in [0.3, 0.4) is 0 Å². The molecule has 26 heavy (non-hydrogen) atoms. The van der Waals surface area contributed by atoms with Gasteiger partial charge in [-0.15, -0.1) is 0 Å². The average molecular weight is 417 g/mol. The second kappa shape index (κ2) is 12.7. The Morgan fingerprint density at radius 1 is 0.654 bits per heavy atom. The molecule has 0 unspecified atom stereocenters. The third-order valence-electron chi connectivity index (χ3n) is 3.34. The van der Waals surface area contributed by atoms with Crippen LogP contribution in [0.5, 0.6) is 0 Å². The van der Waals surface area contributed by atoms with E-state index in [9.17, 15) is 28.7 Å². The third kappa shape index (κ3) is 8.97. The maximum Gasteiger partial charge on any atom is 2.00 e. The Labute approximate surface area is 186 Å². The van der Waals surface area contributed by atoms with Gasteiger partial charge in [-0.2, -0.15) is 0 Å². The minimum atomic E-state index is -4.57.